The lowest BCUT2D eigenvalue weighted by atomic mass is 10.1. The number of nitrogens with zero attached hydrogens (tertiary/aromatic N) is 2. The van der Waals surface area contributed by atoms with Crippen LogP contribution in [0.5, 0.6) is 5.88 Å². The number of ether oxygens (including phenoxy) is 1. The summed E-state index contributed by atoms with van der Waals surface area (Å²) >= 11 is 0. The molecule has 0 spiro atoms. The van der Waals surface area contributed by atoms with Crippen molar-refractivity contribution in [2.45, 2.75) is 90.9 Å². The summed E-state index contributed by atoms with van der Waals surface area (Å²) in [6.45, 7) is 5.39. The van der Waals surface area contributed by atoms with Crippen LogP contribution in [-0.2, 0) is 0 Å². The van der Waals surface area contributed by atoms with Gasteiger partial charge in [-0.2, -0.15) is 0 Å². The molecule has 1 rings (SSSR count). The van der Waals surface area contributed by atoms with E-state index < -0.39 is 0 Å². The molecule has 0 radical (unpaired) electrons. The van der Waals surface area contributed by atoms with Crippen LogP contribution in [0.15, 0.2) is 6.07 Å². The summed E-state index contributed by atoms with van der Waals surface area (Å²) in [6, 6.07) is 1.60. The number of nitrogens with two attached hydrogens (primary N) is 1. The van der Waals surface area contributed by atoms with Gasteiger partial charge < -0.3 is 21.0 Å². The molecule has 0 saturated carbocycles. The molecule has 6 nitrogen and oxygen atoms in total. The molecular weight excluding hydrogens is 328 g/mol. The van der Waals surface area contributed by atoms with Gasteiger partial charge in [-0.15, -0.1) is 0 Å². The first-order chi connectivity index (χ1) is 12.7. The van der Waals surface area contributed by atoms with E-state index in [1.807, 2.05) is 6.92 Å². The molecule has 3 N–H and O–H groups in total. The van der Waals surface area contributed by atoms with E-state index in [0.29, 0.717) is 23.0 Å². The molecule has 1 aromatic heterocycles. The van der Waals surface area contributed by atoms with Gasteiger partial charge in [0.25, 0.3) is 5.88 Å². The first kappa shape index (κ1) is 22.3. The number of hydrogen-bond donors (Lipinski definition) is 2. The van der Waals surface area contributed by atoms with Crippen LogP contribution in [0, 0.1) is 5.21 Å². The molecule has 0 unspecified atom stereocenters. The molecule has 0 fully saturated rings. The fourth-order valence-corrected chi connectivity index (χ4v) is 3.02. The summed E-state index contributed by atoms with van der Waals surface area (Å²) in [4.78, 5) is 3.90. The maximum Gasteiger partial charge on any atom is 0.347 e. The second-order valence-electron chi connectivity index (χ2n) is 6.88. The van der Waals surface area contributed by atoms with Gasteiger partial charge in [0.2, 0.25) is 5.82 Å². The number of rotatable bonds is 16. The fourth-order valence-electron chi connectivity index (χ4n) is 3.02. The number of unbranched alkanes of at least 4 members (excludes halogenated alkanes) is 11. The zero-order valence-corrected chi connectivity index (χ0v) is 16.8. The van der Waals surface area contributed by atoms with Gasteiger partial charge in [-0.3, -0.25) is 0 Å². The summed E-state index contributed by atoms with van der Waals surface area (Å²) in [7, 11) is 0. The summed E-state index contributed by atoms with van der Waals surface area (Å²) in [5.41, 5.74) is 5.61. The molecule has 0 aliphatic carbocycles. The highest BCUT2D eigenvalue weighted by atomic mass is 16.5. The van der Waals surface area contributed by atoms with Crippen molar-refractivity contribution in [3.63, 3.8) is 0 Å². The van der Waals surface area contributed by atoms with Crippen molar-refractivity contribution in [3.8, 4) is 5.88 Å². The Morgan fingerprint density at radius 3 is 2.04 bits per heavy atom. The van der Waals surface area contributed by atoms with Crippen LogP contribution in [0.2, 0.25) is 0 Å². The van der Waals surface area contributed by atoms with E-state index in [9.17, 15) is 5.21 Å². The van der Waals surface area contributed by atoms with Crippen molar-refractivity contribution in [1.82, 2.24) is 4.98 Å². The minimum atomic E-state index is -0.0897. The highest BCUT2D eigenvalue weighted by Crippen LogP contribution is 2.14. The minimum absolute atomic E-state index is 0.0897. The average Bonchev–Trinajstić information content (AvgIpc) is 2.63. The molecular formula is C20H38N4O2. The first-order valence-electron chi connectivity index (χ1n) is 10.5. The Morgan fingerprint density at radius 2 is 1.50 bits per heavy atom. The summed E-state index contributed by atoms with van der Waals surface area (Å²) < 4.78 is 5.93. The molecule has 0 aliphatic rings. The van der Waals surface area contributed by atoms with Gasteiger partial charge in [0.1, 0.15) is 0 Å². The van der Waals surface area contributed by atoms with E-state index in [2.05, 4.69) is 17.2 Å². The van der Waals surface area contributed by atoms with Gasteiger partial charge in [-0.1, -0.05) is 82.5 Å². The number of hydrogen-bond acceptors (Lipinski definition) is 5. The topological polar surface area (TPSA) is 87.1 Å². The Morgan fingerprint density at radius 1 is 0.962 bits per heavy atom. The lowest BCUT2D eigenvalue weighted by molar-refractivity contribution is -0.577. The Hall–Kier alpha value is -1.72. The summed E-state index contributed by atoms with van der Waals surface area (Å²) in [5.74, 6) is 0.700. The van der Waals surface area contributed by atoms with Gasteiger partial charge in [-0.05, 0) is 13.3 Å². The standard InChI is InChI=1S/C20H38N4O2/c1-3-5-6-7-8-9-10-11-12-13-14-15-16-22-18-17-19(26-4-2)23-20(21)24(18)25/h17,22H,3-16H2,1-2H3,(H2,21,23). The molecule has 1 aromatic rings. The summed E-state index contributed by atoms with van der Waals surface area (Å²) in [6.07, 6.45) is 15.8. The van der Waals surface area contributed by atoms with Crippen LogP contribution in [0.1, 0.15) is 90.9 Å². The fraction of sp³-hybridized carbons (Fsp3) is 0.800. The van der Waals surface area contributed by atoms with Gasteiger partial charge in [0, 0.05) is 6.54 Å². The Balaban J connectivity index is 2.04. The lowest BCUT2D eigenvalue weighted by Crippen LogP contribution is -2.36. The van der Waals surface area contributed by atoms with Crippen molar-refractivity contribution in [1.29, 1.82) is 0 Å². The predicted octanol–water partition coefficient (Wildman–Crippen LogP) is 4.81. The maximum absolute atomic E-state index is 11.9. The minimum Gasteiger partial charge on any atom is -0.754 e. The third-order valence-electron chi connectivity index (χ3n) is 4.54. The highest BCUT2D eigenvalue weighted by molar-refractivity contribution is 5.36. The normalized spacial score (nSPS) is 10.8. The molecule has 0 aliphatic heterocycles. The van der Waals surface area contributed by atoms with Crippen molar-refractivity contribution in [2.75, 3.05) is 24.2 Å². The molecule has 0 atom stereocenters. The van der Waals surface area contributed by atoms with Crippen LogP contribution in [-0.4, -0.2) is 18.1 Å². The van der Waals surface area contributed by atoms with Crippen LogP contribution < -0.4 is 20.5 Å². The van der Waals surface area contributed by atoms with Crippen molar-refractivity contribution < 1.29 is 9.47 Å². The average molecular weight is 367 g/mol. The zero-order valence-electron chi connectivity index (χ0n) is 16.8. The van der Waals surface area contributed by atoms with E-state index in [-0.39, 0.29) is 5.95 Å². The lowest BCUT2D eigenvalue weighted by Gasteiger charge is -2.14. The second-order valence-corrected chi connectivity index (χ2v) is 6.88. The van der Waals surface area contributed by atoms with Crippen molar-refractivity contribution in [3.05, 3.63) is 11.3 Å². The molecule has 0 saturated heterocycles. The maximum atomic E-state index is 11.9. The van der Waals surface area contributed by atoms with E-state index in [4.69, 9.17) is 10.5 Å². The molecule has 150 valence electrons. The number of anilines is 2. The molecule has 0 bridgehead atoms. The molecule has 26 heavy (non-hydrogen) atoms. The first-order valence-corrected chi connectivity index (χ1v) is 10.5. The van der Waals surface area contributed by atoms with Gasteiger partial charge >= 0.3 is 5.95 Å². The van der Waals surface area contributed by atoms with Gasteiger partial charge in [-0.25, -0.2) is 4.73 Å². The van der Waals surface area contributed by atoms with E-state index in [0.717, 1.165) is 13.0 Å². The number of nitrogens with one attached hydrogen (secondary N) is 1. The van der Waals surface area contributed by atoms with Gasteiger partial charge in [0.05, 0.1) is 12.7 Å². The Kier molecular flexibility index (Phi) is 12.4. The second kappa shape index (κ2) is 14.4. The van der Waals surface area contributed by atoms with Crippen LogP contribution >= 0.6 is 0 Å². The van der Waals surface area contributed by atoms with Crippen LogP contribution in [0.3, 0.4) is 0 Å². The monoisotopic (exact) mass is 366 g/mol. The quantitative estimate of drug-likeness (QED) is 0.249. The third-order valence-corrected chi connectivity index (χ3v) is 4.54. The van der Waals surface area contributed by atoms with Crippen LogP contribution in [0.25, 0.3) is 0 Å². The van der Waals surface area contributed by atoms with Crippen molar-refractivity contribution >= 4 is 11.8 Å². The third kappa shape index (κ3) is 9.68. The smallest absolute Gasteiger partial charge is 0.347 e. The van der Waals surface area contributed by atoms with E-state index in [1.165, 1.54) is 70.6 Å². The number of nitrogen functional groups attached to an aromatic ring is 1. The Bertz CT molecular complexity index is 483. The highest BCUT2D eigenvalue weighted by Gasteiger charge is 2.10. The van der Waals surface area contributed by atoms with Crippen LogP contribution in [0.4, 0.5) is 11.8 Å². The largest absolute Gasteiger partial charge is 0.754 e. The molecule has 1 heterocycles. The molecule has 0 amide bonds. The number of aromatic nitrogens is 2. The van der Waals surface area contributed by atoms with E-state index in [1.54, 1.807) is 6.07 Å². The van der Waals surface area contributed by atoms with Gasteiger partial charge in [0.15, 0.2) is 0 Å². The predicted molar refractivity (Wildman–Crippen MR) is 108 cm³/mol. The molecule has 0 aromatic carbocycles. The van der Waals surface area contributed by atoms with Crippen molar-refractivity contribution in [2.24, 2.45) is 0 Å². The SMILES string of the molecule is CCCCCCCCCCCCCCNc1cc(OCC)nc(N)[n+]1[O-]. The van der Waals surface area contributed by atoms with E-state index >= 15 is 0 Å². The Labute approximate surface area is 159 Å². The summed E-state index contributed by atoms with van der Waals surface area (Å²) in [5, 5.41) is 15.0. The zero-order chi connectivity index (χ0) is 19.0. The molecule has 6 heteroatoms.